The largest absolute Gasteiger partial charge is 0.479 e. The molecule has 0 saturated carbocycles. The molecule has 0 aromatic rings. The number of carbonyl (C=O) groups excluding carboxylic acids is 3. The normalized spacial score (nSPS) is 18.4. The van der Waals surface area contributed by atoms with Crippen LogP contribution >= 0.6 is 0 Å². The lowest BCUT2D eigenvalue weighted by atomic mass is 9.98. The number of aliphatic hydroxyl groups excluding tert-OH is 2. The topological polar surface area (TPSA) is 175 Å². The van der Waals surface area contributed by atoms with Crippen molar-refractivity contribution in [2.24, 2.45) is 0 Å². The number of carbonyl (C=O) groups is 4. The minimum atomic E-state index is -1.93. The van der Waals surface area contributed by atoms with Gasteiger partial charge in [-0.1, -0.05) is 227 Å². The number of aliphatic hydroxyl groups is 2. The fourth-order valence-electron chi connectivity index (χ4n) is 9.19. The number of esters is 3. The Morgan fingerprint density at radius 1 is 0.420 bits per heavy atom. The summed E-state index contributed by atoms with van der Waals surface area (Å²) in [7, 11) is 0. The first-order valence-corrected chi connectivity index (χ1v) is 32.2. The average Bonchev–Trinajstić information content (AvgIpc) is 3.53. The third-order valence-electron chi connectivity index (χ3n) is 14.1. The Morgan fingerprint density at radius 3 is 1.26 bits per heavy atom. The minimum Gasteiger partial charge on any atom is -0.479 e. The maximum absolute atomic E-state index is 13.2. The van der Waals surface area contributed by atoms with E-state index in [9.17, 15) is 34.5 Å². The molecule has 1 heterocycles. The molecule has 1 aliphatic rings. The zero-order valence-electron chi connectivity index (χ0n) is 51.0. The summed E-state index contributed by atoms with van der Waals surface area (Å²) in [4.78, 5) is 51.3. The standard InChI is InChI=1S/C69H114O12/c1-4-7-10-13-16-19-22-25-28-31-34-37-40-43-46-49-52-55-61(70)77-58-60(79-62(71)56-53-50-47-44-41-38-35-32-29-26-23-20-17-14-11-8-5-2)59-78-69-67(65(74)64(73)66(81-69)68(75)76)80-63(72)57-54-51-48-45-42-39-36-33-30-27-24-21-18-15-12-9-6-3/h9,12,16,18-19,21,25-30,36,39,45,48,60,64-67,69,73-74H,4-8,10-11,13-15,17,20,22-24,31-35,37-38,40-44,46-47,49-59H2,1-3H3,(H,75,76)/b12-9-,19-16-,21-18-,28-25-,29-26-,30-27-,39-36-,48-45-. The molecule has 1 rings (SSSR count). The molecule has 0 amide bonds. The highest BCUT2D eigenvalue weighted by molar-refractivity contribution is 5.74. The van der Waals surface area contributed by atoms with Gasteiger partial charge in [0.2, 0.25) is 0 Å². The second kappa shape index (κ2) is 56.1. The molecule has 12 heteroatoms. The molecule has 0 aromatic carbocycles. The number of hydrogen-bond donors (Lipinski definition) is 3. The van der Waals surface area contributed by atoms with E-state index in [0.717, 1.165) is 103 Å². The lowest BCUT2D eigenvalue weighted by Crippen LogP contribution is -2.61. The first kappa shape index (κ1) is 74.7. The maximum Gasteiger partial charge on any atom is 0.335 e. The van der Waals surface area contributed by atoms with Gasteiger partial charge in [-0.3, -0.25) is 14.4 Å². The zero-order chi connectivity index (χ0) is 58.9. The summed E-state index contributed by atoms with van der Waals surface area (Å²) in [5.74, 6) is -3.21. The number of rotatable bonds is 54. The van der Waals surface area contributed by atoms with Crippen LogP contribution in [0.5, 0.6) is 0 Å². The summed E-state index contributed by atoms with van der Waals surface area (Å²) in [6.45, 7) is 5.83. The predicted octanol–water partition coefficient (Wildman–Crippen LogP) is 17.2. The smallest absolute Gasteiger partial charge is 0.335 e. The van der Waals surface area contributed by atoms with Gasteiger partial charge in [0.25, 0.3) is 0 Å². The molecular formula is C69H114O12. The molecule has 1 fully saturated rings. The van der Waals surface area contributed by atoms with Gasteiger partial charge in [0.05, 0.1) is 6.61 Å². The van der Waals surface area contributed by atoms with Crippen molar-refractivity contribution in [3.63, 3.8) is 0 Å². The van der Waals surface area contributed by atoms with E-state index in [1.807, 2.05) is 12.2 Å². The Labute approximate surface area is 492 Å². The van der Waals surface area contributed by atoms with Gasteiger partial charge in [0.1, 0.15) is 18.8 Å². The van der Waals surface area contributed by atoms with Gasteiger partial charge in [-0.05, 0) is 116 Å². The van der Waals surface area contributed by atoms with Crippen LogP contribution in [0.3, 0.4) is 0 Å². The molecule has 0 aliphatic carbocycles. The van der Waals surface area contributed by atoms with E-state index in [2.05, 4.69) is 106 Å². The number of carboxylic acid groups (broad SMARTS) is 1. The summed E-state index contributed by atoms with van der Waals surface area (Å²) in [6.07, 6.45) is 62.2. The van der Waals surface area contributed by atoms with Crippen molar-refractivity contribution in [3.05, 3.63) is 97.2 Å². The van der Waals surface area contributed by atoms with Crippen LogP contribution in [0.15, 0.2) is 97.2 Å². The van der Waals surface area contributed by atoms with Crippen molar-refractivity contribution in [1.29, 1.82) is 0 Å². The van der Waals surface area contributed by atoms with Crippen LogP contribution in [-0.2, 0) is 42.9 Å². The Morgan fingerprint density at radius 2 is 0.790 bits per heavy atom. The molecule has 81 heavy (non-hydrogen) atoms. The quantitative estimate of drug-likeness (QED) is 0.0228. The van der Waals surface area contributed by atoms with Crippen LogP contribution in [0.1, 0.15) is 265 Å². The van der Waals surface area contributed by atoms with Crippen LogP contribution < -0.4 is 0 Å². The van der Waals surface area contributed by atoms with Crippen molar-refractivity contribution in [2.45, 2.75) is 302 Å². The zero-order valence-corrected chi connectivity index (χ0v) is 51.0. The van der Waals surface area contributed by atoms with Crippen molar-refractivity contribution < 1.29 is 58.2 Å². The molecule has 0 bridgehead atoms. The number of allylic oxidation sites excluding steroid dienone is 16. The second-order valence-electron chi connectivity index (χ2n) is 21.7. The lowest BCUT2D eigenvalue weighted by Gasteiger charge is -2.40. The second-order valence-corrected chi connectivity index (χ2v) is 21.7. The summed E-state index contributed by atoms with van der Waals surface area (Å²) in [5, 5.41) is 31.6. The summed E-state index contributed by atoms with van der Waals surface area (Å²) < 4.78 is 28.5. The van der Waals surface area contributed by atoms with Crippen LogP contribution in [0, 0.1) is 0 Å². The molecule has 1 saturated heterocycles. The van der Waals surface area contributed by atoms with Crippen LogP contribution in [0.4, 0.5) is 0 Å². The summed E-state index contributed by atoms with van der Waals surface area (Å²) in [6, 6.07) is 0. The number of unbranched alkanes of at least 4 members (excludes halogenated alkanes) is 24. The summed E-state index contributed by atoms with van der Waals surface area (Å²) >= 11 is 0. The van der Waals surface area contributed by atoms with Gasteiger partial charge in [-0.25, -0.2) is 4.79 Å². The Bertz CT molecular complexity index is 1780. The van der Waals surface area contributed by atoms with Crippen LogP contribution in [0.25, 0.3) is 0 Å². The summed E-state index contributed by atoms with van der Waals surface area (Å²) in [5.41, 5.74) is 0. The monoisotopic (exact) mass is 1130 g/mol. The van der Waals surface area contributed by atoms with Crippen molar-refractivity contribution >= 4 is 23.9 Å². The molecule has 0 aromatic heterocycles. The van der Waals surface area contributed by atoms with E-state index in [0.29, 0.717) is 25.7 Å². The van der Waals surface area contributed by atoms with Gasteiger partial charge in [-0.15, -0.1) is 0 Å². The fraction of sp³-hybridized carbons (Fsp3) is 0.710. The Hall–Kier alpha value is -4.36. The van der Waals surface area contributed by atoms with Gasteiger partial charge >= 0.3 is 23.9 Å². The van der Waals surface area contributed by atoms with E-state index < -0.39 is 67.3 Å². The average molecular weight is 1140 g/mol. The van der Waals surface area contributed by atoms with Crippen molar-refractivity contribution in [1.82, 2.24) is 0 Å². The van der Waals surface area contributed by atoms with E-state index in [4.69, 9.17) is 23.7 Å². The highest BCUT2D eigenvalue weighted by atomic mass is 16.7. The number of aliphatic carboxylic acids is 1. The van der Waals surface area contributed by atoms with Crippen molar-refractivity contribution in [2.75, 3.05) is 13.2 Å². The molecule has 0 radical (unpaired) electrons. The van der Waals surface area contributed by atoms with E-state index in [-0.39, 0.29) is 25.9 Å². The third kappa shape index (κ3) is 45.8. The fourth-order valence-corrected chi connectivity index (χ4v) is 9.19. The molecule has 3 N–H and O–H groups in total. The Kier molecular flexibility index (Phi) is 51.7. The van der Waals surface area contributed by atoms with Crippen LogP contribution in [-0.4, -0.2) is 89.2 Å². The number of hydrogen-bond acceptors (Lipinski definition) is 11. The molecule has 6 atom stereocenters. The number of ether oxygens (including phenoxy) is 5. The molecule has 462 valence electrons. The molecular weight excluding hydrogens is 1020 g/mol. The first-order valence-electron chi connectivity index (χ1n) is 32.2. The van der Waals surface area contributed by atoms with Gasteiger partial charge in [0.15, 0.2) is 24.6 Å². The van der Waals surface area contributed by atoms with E-state index in [1.54, 1.807) is 0 Å². The highest BCUT2D eigenvalue weighted by Gasteiger charge is 2.50. The lowest BCUT2D eigenvalue weighted by molar-refractivity contribution is -0.301. The SMILES string of the molecule is CC/C=C\C/C=C\C/C=C\C/C=C\C/C=C\CCCC(=O)OC1C(OCC(COC(=O)CCCCCCCCC/C=C\C/C=C\CCCCC)OC(=O)CCCCCCCCC/C=C\CCCCCCCC)OC(C(=O)O)C(O)C1O. The minimum absolute atomic E-state index is 0.0224. The van der Waals surface area contributed by atoms with E-state index in [1.165, 1.54) is 96.3 Å². The molecule has 0 spiro atoms. The molecule has 6 unspecified atom stereocenters. The van der Waals surface area contributed by atoms with Gasteiger partial charge < -0.3 is 39.0 Å². The van der Waals surface area contributed by atoms with Gasteiger partial charge in [0, 0.05) is 19.3 Å². The van der Waals surface area contributed by atoms with Crippen LogP contribution in [0.2, 0.25) is 0 Å². The molecule has 1 aliphatic heterocycles. The first-order chi connectivity index (χ1) is 39.6. The maximum atomic E-state index is 13.2. The Balaban J connectivity index is 2.71. The third-order valence-corrected chi connectivity index (χ3v) is 14.1. The predicted molar refractivity (Wildman–Crippen MR) is 331 cm³/mol. The van der Waals surface area contributed by atoms with Gasteiger partial charge in [-0.2, -0.15) is 0 Å². The van der Waals surface area contributed by atoms with E-state index >= 15 is 0 Å². The number of carboxylic acids is 1. The van der Waals surface area contributed by atoms with Crippen molar-refractivity contribution in [3.8, 4) is 0 Å². The highest BCUT2D eigenvalue weighted by Crippen LogP contribution is 2.26. The molecule has 12 nitrogen and oxygen atoms in total.